The van der Waals surface area contributed by atoms with E-state index in [1.807, 2.05) is 31.2 Å². The summed E-state index contributed by atoms with van der Waals surface area (Å²) in [6.45, 7) is 7.58. The van der Waals surface area contributed by atoms with E-state index in [1.54, 1.807) is 0 Å². The van der Waals surface area contributed by atoms with Gasteiger partial charge >= 0.3 is 5.97 Å². The van der Waals surface area contributed by atoms with E-state index in [2.05, 4.69) is 35.3 Å². The molecule has 3 rings (SSSR count). The minimum atomic E-state index is -0.766. The summed E-state index contributed by atoms with van der Waals surface area (Å²) in [6.07, 6.45) is 1.91. The molecule has 1 aliphatic heterocycles. The number of morpholine rings is 1. The lowest BCUT2D eigenvalue weighted by Crippen LogP contribution is -2.39. The topological polar surface area (TPSA) is 61.8 Å². The Kier molecular flexibility index (Phi) is 8.14. The van der Waals surface area contributed by atoms with Crippen LogP contribution in [0, 0.1) is 0 Å². The highest BCUT2D eigenvalue weighted by Gasteiger charge is 2.24. The molecule has 2 aromatic carbocycles. The fraction of sp³-hybridized carbons (Fsp3) is 0.458. The summed E-state index contributed by atoms with van der Waals surface area (Å²) in [5.74, 6) is -0.774. The van der Waals surface area contributed by atoms with Gasteiger partial charge in [0.2, 0.25) is 0 Å². The van der Waals surface area contributed by atoms with Crippen molar-refractivity contribution in [2.75, 3.05) is 31.6 Å². The zero-order chi connectivity index (χ0) is 21.5. The number of carbonyl (C=O) groups is 1. The standard InChI is InChI=1S/C24H31ClN2O3/c1-3-17(16-24(28)29)18-5-10-21(23(4-2)27-11-13-30-14-12-27)22(15-18)26-20-8-6-19(25)7-9-20/h5-10,15,17,23,26H,3-4,11-14,16H2,1-2H3,(H,28,29). The molecule has 2 unspecified atom stereocenters. The highest BCUT2D eigenvalue weighted by Crippen LogP contribution is 2.36. The molecular formula is C24H31ClN2O3. The average molecular weight is 431 g/mol. The van der Waals surface area contributed by atoms with Crippen molar-refractivity contribution in [3.63, 3.8) is 0 Å². The lowest BCUT2D eigenvalue weighted by molar-refractivity contribution is -0.137. The van der Waals surface area contributed by atoms with Crippen molar-refractivity contribution in [2.45, 2.75) is 45.1 Å². The van der Waals surface area contributed by atoms with Gasteiger partial charge in [-0.2, -0.15) is 0 Å². The van der Waals surface area contributed by atoms with Crippen LogP contribution in [-0.2, 0) is 9.53 Å². The second-order valence-electron chi connectivity index (χ2n) is 7.75. The van der Waals surface area contributed by atoms with Gasteiger partial charge < -0.3 is 15.2 Å². The molecule has 0 aromatic heterocycles. The third-order valence-electron chi connectivity index (χ3n) is 5.82. The number of anilines is 2. The molecule has 1 fully saturated rings. The fourth-order valence-electron chi connectivity index (χ4n) is 4.19. The van der Waals surface area contributed by atoms with Crippen molar-refractivity contribution < 1.29 is 14.6 Å². The fourth-order valence-corrected chi connectivity index (χ4v) is 4.31. The molecule has 0 bridgehead atoms. The van der Waals surface area contributed by atoms with Crippen LogP contribution in [-0.4, -0.2) is 42.3 Å². The van der Waals surface area contributed by atoms with Gasteiger partial charge in [0.15, 0.2) is 0 Å². The van der Waals surface area contributed by atoms with Crippen LogP contribution in [0.3, 0.4) is 0 Å². The maximum Gasteiger partial charge on any atom is 0.303 e. The molecule has 6 heteroatoms. The molecule has 1 heterocycles. The van der Waals surface area contributed by atoms with E-state index in [9.17, 15) is 9.90 Å². The number of ether oxygens (including phenoxy) is 1. The maximum atomic E-state index is 11.3. The first-order valence-electron chi connectivity index (χ1n) is 10.7. The SMILES string of the molecule is CCC(CC(=O)O)c1ccc(C(CC)N2CCOCC2)c(Nc2ccc(Cl)cc2)c1. The average Bonchev–Trinajstić information content (AvgIpc) is 2.76. The minimum absolute atomic E-state index is 0.00854. The number of aliphatic carboxylic acids is 1. The number of rotatable bonds is 9. The Hall–Kier alpha value is -2.08. The lowest BCUT2D eigenvalue weighted by Gasteiger charge is -2.35. The molecule has 2 atom stereocenters. The Morgan fingerprint density at radius 1 is 1.13 bits per heavy atom. The molecule has 5 nitrogen and oxygen atoms in total. The van der Waals surface area contributed by atoms with Gasteiger partial charge in [0.1, 0.15) is 0 Å². The van der Waals surface area contributed by atoms with Gasteiger partial charge in [0, 0.05) is 35.5 Å². The molecular weight excluding hydrogens is 400 g/mol. The molecule has 162 valence electrons. The lowest BCUT2D eigenvalue weighted by atomic mass is 9.90. The number of carboxylic acids is 1. The second kappa shape index (κ2) is 10.8. The predicted octanol–water partition coefficient (Wildman–Crippen LogP) is 5.84. The highest BCUT2D eigenvalue weighted by atomic mass is 35.5. The van der Waals surface area contributed by atoms with Crippen LogP contribution in [0.5, 0.6) is 0 Å². The van der Waals surface area contributed by atoms with Crippen LogP contribution in [0.4, 0.5) is 11.4 Å². The Labute approximate surface area is 184 Å². The van der Waals surface area contributed by atoms with E-state index < -0.39 is 5.97 Å². The van der Waals surface area contributed by atoms with Gasteiger partial charge in [0.05, 0.1) is 19.6 Å². The quantitative estimate of drug-likeness (QED) is 0.523. The third kappa shape index (κ3) is 5.75. The van der Waals surface area contributed by atoms with Crippen molar-refractivity contribution in [1.82, 2.24) is 4.90 Å². The molecule has 0 amide bonds. The zero-order valence-corrected chi connectivity index (χ0v) is 18.5. The van der Waals surface area contributed by atoms with Crippen LogP contribution >= 0.6 is 11.6 Å². The second-order valence-corrected chi connectivity index (χ2v) is 8.19. The van der Waals surface area contributed by atoms with Crippen molar-refractivity contribution in [2.24, 2.45) is 0 Å². The number of nitrogens with zero attached hydrogens (tertiary/aromatic N) is 1. The Balaban J connectivity index is 1.98. The molecule has 0 aliphatic carbocycles. The summed E-state index contributed by atoms with van der Waals surface area (Å²) in [4.78, 5) is 13.8. The van der Waals surface area contributed by atoms with Crippen molar-refractivity contribution in [3.8, 4) is 0 Å². The van der Waals surface area contributed by atoms with E-state index in [0.717, 1.165) is 56.1 Å². The Morgan fingerprint density at radius 3 is 2.43 bits per heavy atom. The highest BCUT2D eigenvalue weighted by molar-refractivity contribution is 6.30. The van der Waals surface area contributed by atoms with E-state index in [0.29, 0.717) is 5.02 Å². The molecule has 2 N–H and O–H groups in total. The maximum absolute atomic E-state index is 11.3. The number of nitrogens with one attached hydrogen (secondary N) is 1. The van der Waals surface area contributed by atoms with Crippen molar-refractivity contribution >= 4 is 28.9 Å². The summed E-state index contributed by atoms with van der Waals surface area (Å²) in [5.41, 5.74) is 4.26. The van der Waals surface area contributed by atoms with E-state index in [4.69, 9.17) is 16.3 Å². The van der Waals surface area contributed by atoms with Gasteiger partial charge in [0.25, 0.3) is 0 Å². The summed E-state index contributed by atoms with van der Waals surface area (Å²) in [5, 5.41) is 13.6. The van der Waals surface area contributed by atoms with Gasteiger partial charge in [-0.25, -0.2) is 0 Å². The van der Waals surface area contributed by atoms with Gasteiger partial charge in [-0.05, 0) is 60.2 Å². The zero-order valence-electron chi connectivity index (χ0n) is 17.7. The van der Waals surface area contributed by atoms with Crippen LogP contribution in [0.2, 0.25) is 5.02 Å². The first-order chi connectivity index (χ1) is 14.5. The van der Waals surface area contributed by atoms with Gasteiger partial charge in [-0.15, -0.1) is 0 Å². The van der Waals surface area contributed by atoms with E-state index >= 15 is 0 Å². The monoisotopic (exact) mass is 430 g/mol. The Bertz CT molecular complexity index is 835. The number of carboxylic acid groups (broad SMARTS) is 1. The smallest absolute Gasteiger partial charge is 0.303 e. The third-order valence-corrected chi connectivity index (χ3v) is 6.07. The predicted molar refractivity (Wildman–Crippen MR) is 122 cm³/mol. The number of hydrogen-bond acceptors (Lipinski definition) is 4. The summed E-state index contributed by atoms with van der Waals surface area (Å²) in [7, 11) is 0. The molecule has 1 aliphatic rings. The first-order valence-corrected chi connectivity index (χ1v) is 11.1. The Morgan fingerprint density at radius 2 is 1.83 bits per heavy atom. The largest absolute Gasteiger partial charge is 0.481 e. The van der Waals surface area contributed by atoms with Crippen molar-refractivity contribution in [1.29, 1.82) is 0 Å². The van der Waals surface area contributed by atoms with E-state index in [1.165, 1.54) is 5.56 Å². The number of benzene rings is 2. The van der Waals surface area contributed by atoms with Crippen LogP contribution in [0.15, 0.2) is 42.5 Å². The molecule has 2 aromatic rings. The summed E-state index contributed by atoms with van der Waals surface area (Å²) >= 11 is 6.05. The molecule has 0 radical (unpaired) electrons. The van der Waals surface area contributed by atoms with Crippen LogP contribution in [0.25, 0.3) is 0 Å². The van der Waals surface area contributed by atoms with Crippen LogP contribution < -0.4 is 5.32 Å². The van der Waals surface area contributed by atoms with Crippen molar-refractivity contribution in [3.05, 3.63) is 58.6 Å². The van der Waals surface area contributed by atoms with Gasteiger partial charge in [-0.1, -0.05) is 37.6 Å². The first kappa shape index (κ1) is 22.6. The van der Waals surface area contributed by atoms with E-state index in [-0.39, 0.29) is 18.4 Å². The number of halogens is 1. The molecule has 1 saturated heterocycles. The normalized spacial score (nSPS) is 16.8. The van der Waals surface area contributed by atoms with Gasteiger partial charge in [-0.3, -0.25) is 9.69 Å². The summed E-state index contributed by atoms with van der Waals surface area (Å²) in [6, 6.07) is 14.3. The molecule has 30 heavy (non-hydrogen) atoms. The molecule has 0 saturated carbocycles. The summed E-state index contributed by atoms with van der Waals surface area (Å²) < 4.78 is 5.54. The van der Waals surface area contributed by atoms with Crippen LogP contribution in [0.1, 0.15) is 56.2 Å². The molecule has 0 spiro atoms. The number of hydrogen-bond donors (Lipinski definition) is 2. The minimum Gasteiger partial charge on any atom is -0.481 e.